The zero-order valence-electron chi connectivity index (χ0n) is 9.22. The molecule has 2 rings (SSSR count). The van der Waals surface area contributed by atoms with Crippen LogP contribution in [0.25, 0.3) is 0 Å². The lowest BCUT2D eigenvalue weighted by atomic mass is 10.2. The van der Waals surface area contributed by atoms with Gasteiger partial charge in [-0.3, -0.25) is 4.90 Å². The summed E-state index contributed by atoms with van der Waals surface area (Å²) in [6.45, 7) is 2.52. The van der Waals surface area contributed by atoms with Gasteiger partial charge in [0.15, 0.2) is 0 Å². The van der Waals surface area contributed by atoms with Crippen molar-refractivity contribution in [2.24, 2.45) is 0 Å². The molecule has 1 fully saturated rings. The van der Waals surface area contributed by atoms with E-state index in [-0.39, 0.29) is 18.8 Å². The Kier molecular flexibility index (Phi) is 3.10. The van der Waals surface area contributed by atoms with Crippen LogP contribution in [-0.2, 0) is 4.74 Å². The van der Waals surface area contributed by atoms with Crippen molar-refractivity contribution in [2.75, 3.05) is 18.1 Å². The number of benzene rings is 1. The molecule has 1 aliphatic heterocycles. The Hall–Kier alpha value is -1.55. The number of cyclic esters (lactones) is 1. The van der Waals surface area contributed by atoms with Crippen LogP contribution < -0.4 is 4.90 Å². The molecule has 1 N–H and O–H groups in total. The zero-order chi connectivity index (χ0) is 11.5. The molecule has 0 spiro atoms. The Morgan fingerprint density at radius 2 is 2.25 bits per heavy atom. The minimum Gasteiger partial charge on any atom is -0.444 e. The van der Waals surface area contributed by atoms with Crippen LogP contribution in [0.15, 0.2) is 24.3 Å². The highest BCUT2D eigenvalue weighted by Gasteiger charge is 2.32. The molecule has 4 heteroatoms. The number of aliphatic hydroxyl groups excluding tert-OH is 1. The molecule has 0 bridgehead atoms. The molecule has 0 aromatic heterocycles. The summed E-state index contributed by atoms with van der Waals surface area (Å²) in [7, 11) is 0. The molecule has 1 saturated heterocycles. The fourth-order valence-corrected chi connectivity index (χ4v) is 1.88. The third kappa shape index (κ3) is 2.02. The van der Waals surface area contributed by atoms with Gasteiger partial charge in [0.25, 0.3) is 0 Å². The number of aliphatic hydroxyl groups is 1. The molecule has 1 unspecified atom stereocenters. The highest BCUT2D eigenvalue weighted by atomic mass is 16.6. The number of ether oxygens (including phenoxy) is 1. The van der Waals surface area contributed by atoms with Crippen LogP contribution in [0.3, 0.4) is 0 Å². The second-order valence-corrected chi connectivity index (χ2v) is 3.92. The average Bonchev–Trinajstić information content (AvgIpc) is 2.61. The highest BCUT2D eigenvalue weighted by Crippen LogP contribution is 2.25. The molecular weight excluding hydrogens is 206 g/mol. The highest BCUT2D eigenvalue weighted by molar-refractivity contribution is 5.90. The fourth-order valence-electron chi connectivity index (χ4n) is 1.88. The first-order valence-corrected chi connectivity index (χ1v) is 5.37. The zero-order valence-corrected chi connectivity index (χ0v) is 9.22. The van der Waals surface area contributed by atoms with Crippen molar-refractivity contribution in [1.82, 2.24) is 0 Å². The van der Waals surface area contributed by atoms with Crippen molar-refractivity contribution in [3.63, 3.8) is 0 Å². The Morgan fingerprint density at radius 3 is 2.94 bits per heavy atom. The van der Waals surface area contributed by atoms with Gasteiger partial charge in [0.05, 0.1) is 12.2 Å². The van der Waals surface area contributed by atoms with Crippen molar-refractivity contribution in [2.45, 2.75) is 19.4 Å². The van der Waals surface area contributed by atoms with Gasteiger partial charge in [-0.25, -0.2) is 4.79 Å². The van der Waals surface area contributed by atoms with E-state index in [1.165, 1.54) is 0 Å². The van der Waals surface area contributed by atoms with Crippen LogP contribution in [0.5, 0.6) is 0 Å². The summed E-state index contributed by atoms with van der Waals surface area (Å²) in [5.41, 5.74) is 1.93. The van der Waals surface area contributed by atoms with Gasteiger partial charge >= 0.3 is 6.09 Å². The van der Waals surface area contributed by atoms with Crippen molar-refractivity contribution >= 4 is 11.8 Å². The SMILES string of the molecule is Cc1ccccc1N1CC(CCO)OC1=O. The van der Waals surface area contributed by atoms with Gasteiger partial charge in [0.2, 0.25) is 0 Å². The molecule has 86 valence electrons. The van der Waals surface area contributed by atoms with E-state index in [9.17, 15) is 4.79 Å². The molecule has 16 heavy (non-hydrogen) atoms. The maximum Gasteiger partial charge on any atom is 0.414 e. The van der Waals surface area contributed by atoms with Gasteiger partial charge in [-0.2, -0.15) is 0 Å². The molecule has 1 heterocycles. The maximum absolute atomic E-state index is 11.6. The number of anilines is 1. The lowest BCUT2D eigenvalue weighted by Crippen LogP contribution is -2.25. The molecular formula is C12H15NO3. The monoisotopic (exact) mass is 221 g/mol. The molecule has 0 aliphatic carbocycles. The van der Waals surface area contributed by atoms with Crippen LogP contribution in [0.2, 0.25) is 0 Å². The van der Waals surface area contributed by atoms with Crippen LogP contribution in [0, 0.1) is 6.92 Å². The van der Waals surface area contributed by atoms with Gasteiger partial charge in [0, 0.05) is 13.0 Å². The van der Waals surface area contributed by atoms with E-state index in [1.54, 1.807) is 4.90 Å². The number of hydrogen-bond acceptors (Lipinski definition) is 3. The van der Waals surface area contributed by atoms with E-state index >= 15 is 0 Å². The number of hydrogen-bond donors (Lipinski definition) is 1. The van der Waals surface area contributed by atoms with Crippen LogP contribution in [0.1, 0.15) is 12.0 Å². The average molecular weight is 221 g/mol. The third-order valence-electron chi connectivity index (χ3n) is 2.73. The molecule has 1 aromatic carbocycles. The lowest BCUT2D eigenvalue weighted by Gasteiger charge is -2.15. The van der Waals surface area contributed by atoms with Gasteiger partial charge in [-0.05, 0) is 18.6 Å². The van der Waals surface area contributed by atoms with Gasteiger partial charge in [-0.15, -0.1) is 0 Å². The summed E-state index contributed by atoms with van der Waals surface area (Å²) in [5, 5.41) is 8.81. The Labute approximate surface area is 94.4 Å². The summed E-state index contributed by atoms with van der Waals surface area (Å²) >= 11 is 0. The normalized spacial score (nSPS) is 20.0. The number of nitrogens with zero attached hydrogens (tertiary/aromatic N) is 1. The molecule has 1 amide bonds. The van der Waals surface area contributed by atoms with Crippen molar-refractivity contribution in [3.8, 4) is 0 Å². The molecule has 0 radical (unpaired) electrons. The van der Waals surface area contributed by atoms with E-state index in [0.717, 1.165) is 11.3 Å². The summed E-state index contributed by atoms with van der Waals surface area (Å²) in [6.07, 6.45) is -0.0291. The van der Waals surface area contributed by atoms with E-state index in [4.69, 9.17) is 9.84 Å². The van der Waals surface area contributed by atoms with Crippen molar-refractivity contribution in [3.05, 3.63) is 29.8 Å². The van der Waals surface area contributed by atoms with Gasteiger partial charge < -0.3 is 9.84 Å². The second kappa shape index (κ2) is 4.53. The number of aryl methyl sites for hydroxylation is 1. The number of carbonyl (C=O) groups is 1. The first kappa shape index (κ1) is 11.0. The fraction of sp³-hybridized carbons (Fsp3) is 0.417. The third-order valence-corrected chi connectivity index (χ3v) is 2.73. The molecule has 4 nitrogen and oxygen atoms in total. The van der Waals surface area contributed by atoms with Gasteiger partial charge in [-0.1, -0.05) is 18.2 Å². The summed E-state index contributed by atoms with van der Waals surface area (Å²) < 4.78 is 5.15. The van der Waals surface area contributed by atoms with E-state index in [0.29, 0.717) is 13.0 Å². The van der Waals surface area contributed by atoms with Crippen LogP contribution in [0.4, 0.5) is 10.5 Å². The summed E-state index contributed by atoms with van der Waals surface area (Å²) in [4.78, 5) is 13.3. The predicted molar refractivity (Wildman–Crippen MR) is 60.5 cm³/mol. The summed E-state index contributed by atoms with van der Waals surface area (Å²) in [5.74, 6) is 0. The Morgan fingerprint density at radius 1 is 1.50 bits per heavy atom. The summed E-state index contributed by atoms with van der Waals surface area (Å²) in [6, 6.07) is 7.69. The number of carbonyl (C=O) groups excluding carboxylic acids is 1. The maximum atomic E-state index is 11.6. The van der Waals surface area contributed by atoms with E-state index < -0.39 is 0 Å². The molecule has 1 aromatic rings. The molecule has 0 saturated carbocycles. The Balaban J connectivity index is 2.17. The first-order chi connectivity index (χ1) is 7.72. The van der Waals surface area contributed by atoms with Crippen molar-refractivity contribution < 1.29 is 14.6 Å². The minimum absolute atomic E-state index is 0.0412. The smallest absolute Gasteiger partial charge is 0.414 e. The minimum atomic E-state index is -0.326. The molecule has 1 aliphatic rings. The first-order valence-electron chi connectivity index (χ1n) is 5.37. The Bertz CT molecular complexity index is 392. The topological polar surface area (TPSA) is 49.8 Å². The van der Waals surface area contributed by atoms with E-state index in [2.05, 4.69) is 0 Å². The van der Waals surface area contributed by atoms with Crippen LogP contribution in [-0.4, -0.2) is 30.5 Å². The number of amides is 1. The molecule has 1 atom stereocenters. The van der Waals surface area contributed by atoms with Crippen LogP contribution >= 0.6 is 0 Å². The van der Waals surface area contributed by atoms with Gasteiger partial charge in [0.1, 0.15) is 6.10 Å². The largest absolute Gasteiger partial charge is 0.444 e. The number of rotatable bonds is 3. The quantitative estimate of drug-likeness (QED) is 0.845. The number of para-hydroxylation sites is 1. The van der Waals surface area contributed by atoms with Crippen molar-refractivity contribution in [1.29, 1.82) is 0 Å². The second-order valence-electron chi connectivity index (χ2n) is 3.92. The van der Waals surface area contributed by atoms with E-state index in [1.807, 2.05) is 31.2 Å². The standard InChI is InChI=1S/C12H15NO3/c1-9-4-2-3-5-11(9)13-8-10(6-7-14)16-12(13)15/h2-5,10,14H,6-8H2,1H3. The lowest BCUT2D eigenvalue weighted by molar-refractivity contribution is 0.122. The predicted octanol–water partition coefficient (Wildman–Crippen LogP) is 1.70.